The van der Waals surface area contributed by atoms with E-state index in [-0.39, 0.29) is 19.5 Å². The van der Waals surface area contributed by atoms with Gasteiger partial charge in [0.25, 0.3) is 5.91 Å². The summed E-state index contributed by atoms with van der Waals surface area (Å²) < 4.78 is 13.8. The average molecular weight is 246 g/mol. The lowest BCUT2D eigenvalue weighted by Crippen LogP contribution is -2.54. The van der Waals surface area contributed by atoms with Crippen molar-refractivity contribution in [2.75, 3.05) is 19.6 Å². The first-order valence-electron chi connectivity index (χ1n) is 5.61. The van der Waals surface area contributed by atoms with Crippen LogP contribution in [0.15, 0.2) is 0 Å². The highest BCUT2D eigenvalue weighted by Gasteiger charge is 2.41. The van der Waals surface area contributed by atoms with Crippen molar-refractivity contribution in [1.29, 1.82) is 0 Å². The molecule has 2 rings (SSSR count). The maximum Gasteiger partial charge on any atom is 0.407 e. The van der Waals surface area contributed by atoms with Crippen LogP contribution < -0.4 is 0 Å². The highest BCUT2D eigenvalue weighted by Crippen LogP contribution is 2.24. The van der Waals surface area contributed by atoms with E-state index >= 15 is 0 Å². The van der Waals surface area contributed by atoms with Gasteiger partial charge in [-0.1, -0.05) is 0 Å². The lowest BCUT2D eigenvalue weighted by Gasteiger charge is -2.37. The second kappa shape index (κ2) is 4.48. The fourth-order valence-electron chi connectivity index (χ4n) is 2.43. The zero-order valence-corrected chi connectivity index (χ0v) is 9.25. The van der Waals surface area contributed by atoms with Crippen molar-refractivity contribution in [3.05, 3.63) is 0 Å². The first-order valence-corrected chi connectivity index (χ1v) is 5.61. The minimum atomic E-state index is -1.38. The number of carboxylic acid groups (broad SMARTS) is 1. The molecule has 0 spiro atoms. The molecule has 2 saturated heterocycles. The van der Waals surface area contributed by atoms with E-state index in [1.54, 1.807) is 0 Å². The van der Waals surface area contributed by atoms with Gasteiger partial charge in [-0.2, -0.15) is 0 Å². The van der Waals surface area contributed by atoms with Gasteiger partial charge < -0.3 is 20.0 Å². The maximum atomic E-state index is 13.8. The standard InChI is InChI=1S/C10H15FN2O4/c11-6-5-12(10(16)17)3-1-7(6)13-4-2-8(14)9(13)15/h6-8,14H,1-5H2,(H,16,17)/t6-,7+,8-/m1/s1. The molecule has 0 saturated carbocycles. The van der Waals surface area contributed by atoms with Crippen LogP contribution in [0, 0.1) is 0 Å². The summed E-state index contributed by atoms with van der Waals surface area (Å²) in [5.41, 5.74) is 0. The van der Waals surface area contributed by atoms with Crippen molar-refractivity contribution in [3.8, 4) is 0 Å². The van der Waals surface area contributed by atoms with E-state index in [2.05, 4.69) is 0 Å². The number of hydrogen-bond acceptors (Lipinski definition) is 3. The number of carbonyl (C=O) groups excluding carboxylic acids is 1. The molecule has 17 heavy (non-hydrogen) atoms. The van der Waals surface area contributed by atoms with Crippen molar-refractivity contribution in [1.82, 2.24) is 9.80 Å². The van der Waals surface area contributed by atoms with Crippen molar-refractivity contribution < 1.29 is 24.2 Å². The Morgan fingerprint density at radius 2 is 2.06 bits per heavy atom. The molecule has 0 bridgehead atoms. The summed E-state index contributed by atoms with van der Waals surface area (Å²) in [6, 6.07) is -0.602. The SMILES string of the molecule is O=C(O)N1CC[C@H](N2CC[C@@H](O)C2=O)[C@H](F)C1. The number of likely N-dealkylation sites (tertiary alicyclic amines) is 2. The Morgan fingerprint density at radius 1 is 1.35 bits per heavy atom. The zero-order chi connectivity index (χ0) is 12.6. The largest absolute Gasteiger partial charge is 0.465 e. The van der Waals surface area contributed by atoms with E-state index in [9.17, 15) is 19.1 Å². The minimum absolute atomic E-state index is 0.208. The number of alkyl halides is 1. The van der Waals surface area contributed by atoms with E-state index < -0.39 is 30.3 Å². The number of aliphatic hydroxyl groups excluding tert-OH is 1. The predicted molar refractivity (Wildman–Crippen MR) is 55.2 cm³/mol. The molecule has 0 aliphatic carbocycles. The zero-order valence-electron chi connectivity index (χ0n) is 9.25. The van der Waals surface area contributed by atoms with Crippen LogP contribution in [-0.4, -0.2) is 70.0 Å². The number of carbonyl (C=O) groups is 2. The maximum absolute atomic E-state index is 13.8. The summed E-state index contributed by atoms with van der Waals surface area (Å²) >= 11 is 0. The van der Waals surface area contributed by atoms with E-state index in [1.807, 2.05) is 0 Å². The van der Waals surface area contributed by atoms with Crippen molar-refractivity contribution >= 4 is 12.0 Å². The van der Waals surface area contributed by atoms with E-state index in [0.29, 0.717) is 13.0 Å². The molecule has 2 fully saturated rings. The third-order valence-corrected chi connectivity index (χ3v) is 3.39. The van der Waals surface area contributed by atoms with Gasteiger partial charge in [0.1, 0.15) is 12.3 Å². The smallest absolute Gasteiger partial charge is 0.407 e. The molecule has 6 nitrogen and oxygen atoms in total. The summed E-state index contributed by atoms with van der Waals surface area (Å²) in [5, 5.41) is 18.0. The van der Waals surface area contributed by atoms with Crippen LogP contribution in [0.4, 0.5) is 9.18 Å². The summed E-state index contributed by atoms with van der Waals surface area (Å²) in [7, 11) is 0. The van der Waals surface area contributed by atoms with Gasteiger partial charge >= 0.3 is 6.09 Å². The molecule has 2 aliphatic heterocycles. The Labute approximate surface area is 97.6 Å². The molecule has 0 aromatic heterocycles. The van der Waals surface area contributed by atoms with Crippen LogP contribution in [0.25, 0.3) is 0 Å². The van der Waals surface area contributed by atoms with E-state index in [4.69, 9.17) is 5.11 Å². The highest BCUT2D eigenvalue weighted by atomic mass is 19.1. The van der Waals surface area contributed by atoms with Gasteiger partial charge in [0.15, 0.2) is 0 Å². The molecule has 0 aromatic carbocycles. The Kier molecular flexibility index (Phi) is 3.19. The van der Waals surface area contributed by atoms with Crippen LogP contribution in [0.5, 0.6) is 0 Å². The molecule has 3 atom stereocenters. The number of aliphatic hydroxyl groups is 1. The molecule has 7 heteroatoms. The average Bonchev–Trinajstić information content (AvgIpc) is 2.60. The van der Waals surface area contributed by atoms with Crippen LogP contribution in [-0.2, 0) is 4.79 Å². The molecule has 96 valence electrons. The molecule has 2 amide bonds. The third-order valence-electron chi connectivity index (χ3n) is 3.39. The summed E-state index contributed by atoms with van der Waals surface area (Å²) in [4.78, 5) is 24.6. The van der Waals surface area contributed by atoms with Gasteiger partial charge in [0, 0.05) is 13.1 Å². The number of rotatable bonds is 1. The molecule has 2 aliphatic rings. The summed E-state index contributed by atoms with van der Waals surface area (Å²) in [6.07, 6.45) is -2.94. The predicted octanol–water partition coefficient (Wildman–Crippen LogP) is -0.330. The molecule has 0 aromatic rings. The topological polar surface area (TPSA) is 81.1 Å². The summed E-state index contributed by atoms with van der Waals surface area (Å²) in [6.45, 7) is 0.359. The fourth-order valence-corrected chi connectivity index (χ4v) is 2.43. The minimum Gasteiger partial charge on any atom is -0.465 e. The molecule has 0 unspecified atom stereocenters. The number of amides is 2. The summed E-state index contributed by atoms with van der Waals surface area (Å²) in [5.74, 6) is -0.443. The van der Waals surface area contributed by atoms with Gasteiger partial charge in [0.05, 0.1) is 12.6 Å². The van der Waals surface area contributed by atoms with Gasteiger partial charge in [-0.3, -0.25) is 4.79 Å². The van der Waals surface area contributed by atoms with Crippen LogP contribution >= 0.6 is 0 Å². The monoisotopic (exact) mass is 246 g/mol. The van der Waals surface area contributed by atoms with Crippen molar-refractivity contribution in [3.63, 3.8) is 0 Å². The fraction of sp³-hybridized carbons (Fsp3) is 0.800. The molecule has 2 N–H and O–H groups in total. The Balaban J connectivity index is 2.00. The first-order chi connectivity index (χ1) is 8.00. The van der Waals surface area contributed by atoms with E-state index in [0.717, 1.165) is 4.90 Å². The number of halogens is 1. The first kappa shape index (κ1) is 12.1. The second-order valence-electron chi connectivity index (χ2n) is 4.44. The Bertz CT molecular complexity index is 338. The van der Waals surface area contributed by atoms with Crippen LogP contribution in [0.1, 0.15) is 12.8 Å². The Hall–Kier alpha value is -1.37. The quantitative estimate of drug-likeness (QED) is 0.664. The lowest BCUT2D eigenvalue weighted by molar-refractivity contribution is -0.138. The number of nitrogens with zero attached hydrogens (tertiary/aromatic N) is 2. The Morgan fingerprint density at radius 3 is 2.53 bits per heavy atom. The second-order valence-corrected chi connectivity index (χ2v) is 4.44. The number of piperidine rings is 1. The van der Waals surface area contributed by atoms with Crippen LogP contribution in [0.3, 0.4) is 0 Å². The van der Waals surface area contributed by atoms with Crippen molar-refractivity contribution in [2.45, 2.75) is 31.2 Å². The molecular weight excluding hydrogens is 231 g/mol. The van der Waals surface area contributed by atoms with Gasteiger partial charge in [-0.15, -0.1) is 0 Å². The van der Waals surface area contributed by atoms with Gasteiger partial charge in [0.2, 0.25) is 0 Å². The highest BCUT2D eigenvalue weighted by molar-refractivity contribution is 5.83. The number of hydrogen-bond donors (Lipinski definition) is 2. The van der Waals surface area contributed by atoms with Gasteiger partial charge in [-0.25, -0.2) is 9.18 Å². The van der Waals surface area contributed by atoms with Gasteiger partial charge in [-0.05, 0) is 12.8 Å². The molecule has 2 heterocycles. The third kappa shape index (κ3) is 2.19. The van der Waals surface area contributed by atoms with Crippen molar-refractivity contribution in [2.24, 2.45) is 0 Å². The normalized spacial score (nSPS) is 34.2. The molecular formula is C10H15FN2O4. The van der Waals surface area contributed by atoms with Crippen LogP contribution in [0.2, 0.25) is 0 Å². The van der Waals surface area contributed by atoms with E-state index in [1.165, 1.54) is 4.90 Å². The molecule has 0 radical (unpaired) electrons. The lowest BCUT2D eigenvalue weighted by atomic mass is 10.0.